The molecular weight excluding hydrogens is 279 g/mol. The van der Waals surface area contributed by atoms with Gasteiger partial charge in [-0.1, -0.05) is 25.5 Å². The quantitative estimate of drug-likeness (QED) is 0.884. The number of hydrogen-bond acceptors (Lipinski definition) is 1. The van der Waals surface area contributed by atoms with Crippen LogP contribution in [0.1, 0.15) is 43.0 Å². The van der Waals surface area contributed by atoms with Gasteiger partial charge in [0.15, 0.2) is 0 Å². The molecule has 1 aromatic carbocycles. The third kappa shape index (κ3) is 3.32. The molecule has 1 aliphatic carbocycles. The van der Waals surface area contributed by atoms with Crippen molar-refractivity contribution in [2.24, 2.45) is 5.92 Å². The predicted molar refractivity (Wildman–Crippen MR) is 84.4 cm³/mol. The number of rotatable bonds is 2. The molecule has 1 saturated carbocycles. The molecule has 2 aliphatic rings. The van der Waals surface area contributed by atoms with Gasteiger partial charge in [0.05, 0.1) is 37.8 Å². The number of quaternary nitrogens is 1. The van der Waals surface area contributed by atoms with Gasteiger partial charge < -0.3 is 9.80 Å². The molecule has 0 unspecified atom stereocenters. The van der Waals surface area contributed by atoms with E-state index < -0.39 is 5.82 Å². The van der Waals surface area contributed by atoms with E-state index in [1.165, 1.54) is 31.7 Å². The highest BCUT2D eigenvalue weighted by atomic mass is 19.1. The first-order valence-electron chi connectivity index (χ1n) is 8.53. The van der Waals surface area contributed by atoms with Crippen LogP contribution in [0.15, 0.2) is 24.3 Å². The zero-order chi connectivity index (χ0) is 15.5. The van der Waals surface area contributed by atoms with Gasteiger partial charge in [-0.2, -0.15) is 0 Å². The zero-order valence-electron chi connectivity index (χ0n) is 13.4. The Morgan fingerprint density at radius 3 is 2.64 bits per heavy atom. The smallest absolute Gasteiger partial charge is 0.257 e. The van der Waals surface area contributed by atoms with E-state index in [2.05, 4.69) is 6.92 Å². The molecule has 3 rings (SSSR count). The minimum Gasteiger partial charge on any atom is -0.330 e. The first-order chi connectivity index (χ1) is 10.6. The number of benzene rings is 1. The lowest BCUT2D eigenvalue weighted by atomic mass is 9.86. The van der Waals surface area contributed by atoms with Crippen molar-refractivity contribution in [2.75, 3.05) is 26.2 Å². The molecule has 1 aliphatic heterocycles. The number of piperazine rings is 1. The molecule has 0 radical (unpaired) electrons. The molecule has 1 heterocycles. The summed E-state index contributed by atoms with van der Waals surface area (Å²) in [5.74, 6) is 0.266. The molecule has 2 atom stereocenters. The number of carbonyl (C=O) groups excluding carboxylic acids is 1. The molecule has 4 heteroatoms. The van der Waals surface area contributed by atoms with Crippen molar-refractivity contribution in [1.29, 1.82) is 0 Å². The van der Waals surface area contributed by atoms with Gasteiger partial charge in [0, 0.05) is 6.42 Å². The maximum Gasteiger partial charge on any atom is 0.257 e. The fourth-order valence-electron chi connectivity index (χ4n) is 4.02. The second kappa shape index (κ2) is 6.78. The summed E-state index contributed by atoms with van der Waals surface area (Å²) in [6.07, 6.45) is 5.34. The lowest BCUT2D eigenvalue weighted by Gasteiger charge is -2.39. The maximum absolute atomic E-state index is 13.8. The van der Waals surface area contributed by atoms with Crippen LogP contribution in [-0.2, 0) is 0 Å². The molecule has 1 saturated heterocycles. The number of nitrogens with zero attached hydrogens (tertiary/aromatic N) is 1. The van der Waals surface area contributed by atoms with E-state index >= 15 is 0 Å². The number of amides is 1. The summed E-state index contributed by atoms with van der Waals surface area (Å²) in [5.41, 5.74) is 0.206. The zero-order valence-corrected chi connectivity index (χ0v) is 13.4. The second-order valence-electron chi connectivity index (χ2n) is 6.90. The molecule has 0 bridgehead atoms. The Hall–Kier alpha value is -1.42. The predicted octanol–water partition coefficient (Wildman–Crippen LogP) is 1.75. The Labute approximate surface area is 132 Å². The summed E-state index contributed by atoms with van der Waals surface area (Å²) in [6.45, 7) is 5.83. The third-order valence-electron chi connectivity index (χ3n) is 5.31. The molecule has 120 valence electrons. The molecule has 1 N–H and O–H groups in total. The standard InChI is InChI=1S/C18H25FN2O/c1-14-5-4-6-15(13-14)20-9-11-21(12-10-20)18(22)16-7-2-3-8-17(16)19/h2-3,7-8,14-15H,4-6,9-13H2,1H3/p+1/t14-,15+/m0/s1. The van der Waals surface area contributed by atoms with Crippen molar-refractivity contribution >= 4 is 5.91 Å². The first-order valence-corrected chi connectivity index (χ1v) is 8.53. The van der Waals surface area contributed by atoms with Crippen LogP contribution in [0.25, 0.3) is 0 Å². The second-order valence-corrected chi connectivity index (χ2v) is 6.90. The number of halogens is 1. The normalized spacial score (nSPS) is 26.9. The fraction of sp³-hybridized carbons (Fsp3) is 0.611. The molecule has 3 nitrogen and oxygen atoms in total. The van der Waals surface area contributed by atoms with Crippen molar-refractivity contribution < 1.29 is 14.1 Å². The molecule has 22 heavy (non-hydrogen) atoms. The minimum absolute atomic E-state index is 0.158. The van der Waals surface area contributed by atoms with E-state index in [1.54, 1.807) is 23.1 Å². The summed E-state index contributed by atoms with van der Waals surface area (Å²) >= 11 is 0. The fourth-order valence-corrected chi connectivity index (χ4v) is 4.02. The van der Waals surface area contributed by atoms with Crippen LogP contribution >= 0.6 is 0 Å². The van der Waals surface area contributed by atoms with Crippen molar-refractivity contribution in [3.8, 4) is 0 Å². The molecule has 2 fully saturated rings. The lowest BCUT2D eigenvalue weighted by Crippen LogP contribution is -3.18. The Bertz CT molecular complexity index is 526. The van der Waals surface area contributed by atoms with Gasteiger partial charge in [-0.05, 0) is 30.9 Å². The van der Waals surface area contributed by atoms with Gasteiger partial charge >= 0.3 is 0 Å². The van der Waals surface area contributed by atoms with E-state index in [0.29, 0.717) is 0 Å². The topological polar surface area (TPSA) is 24.8 Å². The number of hydrogen-bond donors (Lipinski definition) is 1. The van der Waals surface area contributed by atoms with Gasteiger partial charge in [0.25, 0.3) is 5.91 Å². The van der Waals surface area contributed by atoms with Crippen molar-refractivity contribution in [3.05, 3.63) is 35.6 Å². The average Bonchev–Trinajstić information content (AvgIpc) is 2.55. The van der Waals surface area contributed by atoms with E-state index in [9.17, 15) is 9.18 Å². The van der Waals surface area contributed by atoms with Crippen molar-refractivity contribution in [1.82, 2.24) is 4.90 Å². The molecular formula is C18H26FN2O+. The maximum atomic E-state index is 13.8. The highest BCUT2D eigenvalue weighted by molar-refractivity contribution is 5.94. The lowest BCUT2D eigenvalue weighted by molar-refractivity contribution is -0.930. The van der Waals surface area contributed by atoms with E-state index in [1.807, 2.05) is 4.90 Å². The van der Waals surface area contributed by atoms with Gasteiger partial charge in [0.1, 0.15) is 5.82 Å². The van der Waals surface area contributed by atoms with Crippen LogP contribution in [-0.4, -0.2) is 43.0 Å². The summed E-state index contributed by atoms with van der Waals surface area (Å²) in [6, 6.07) is 7.05. The van der Waals surface area contributed by atoms with Crippen LogP contribution in [0.5, 0.6) is 0 Å². The van der Waals surface area contributed by atoms with E-state index in [0.717, 1.165) is 38.1 Å². The summed E-state index contributed by atoms with van der Waals surface area (Å²) in [5, 5.41) is 0. The Morgan fingerprint density at radius 1 is 1.23 bits per heavy atom. The van der Waals surface area contributed by atoms with Gasteiger partial charge in [-0.25, -0.2) is 4.39 Å². The molecule has 0 spiro atoms. The molecule has 1 aromatic rings. The summed E-state index contributed by atoms with van der Waals surface area (Å²) < 4.78 is 13.8. The van der Waals surface area contributed by atoms with Crippen molar-refractivity contribution in [2.45, 2.75) is 38.6 Å². The Kier molecular flexibility index (Phi) is 4.77. The monoisotopic (exact) mass is 305 g/mol. The van der Waals surface area contributed by atoms with Crippen LogP contribution in [0.3, 0.4) is 0 Å². The third-order valence-corrected chi connectivity index (χ3v) is 5.31. The largest absolute Gasteiger partial charge is 0.330 e. The van der Waals surface area contributed by atoms with Crippen molar-refractivity contribution in [3.63, 3.8) is 0 Å². The highest BCUT2D eigenvalue weighted by Crippen LogP contribution is 2.22. The van der Waals surface area contributed by atoms with E-state index in [4.69, 9.17) is 0 Å². The van der Waals surface area contributed by atoms with E-state index in [-0.39, 0.29) is 11.5 Å². The van der Waals surface area contributed by atoms with Crippen LogP contribution in [0, 0.1) is 11.7 Å². The van der Waals surface area contributed by atoms with Gasteiger partial charge in [-0.3, -0.25) is 4.79 Å². The Balaban J connectivity index is 1.57. The van der Waals surface area contributed by atoms with Crippen LogP contribution < -0.4 is 4.90 Å². The van der Waals surface area contributed by atoms with Crippen LogP contribution in [0.4, 0.5) is 4.39 Å². The molecule has 1 amide bonds. The Morgan fingerprint density at radius 2 is 1.95 bits per heavy atom. The van der Waals surface area contributed by atoms with Crippen LogP contribution in [0.2, 0.25) is 0 Å². The molecule has 0 aromatic heterocycles. The highest BCUT2D eigenvalue weighted by Gasteiger charge is 2.32. The van der Waals surface area contributed by atoms with Gasteiger partial charge in [-0.15, -0.1) is 0 Å². The summed E-state index contributed by atoms with van der Waals surface area (Å²) in [7, 11) is 0. The summed E-state index contributed by atoms with van der Waals surface area (Å²) in [4.78, 5) is 15.9. The number of nitrogens with one attached hydrogen (secondary N) is 1. The average molecular weight is 305 g/mol. The SMILES string of the molecule is C[C@H]1CCC[C@@H]([NH+]2CCN(C(=O)c3ccccc3F)CC2)C1. The first kappa shape index (κ1) is 15.5. The number of carbonyl (C=O) groups is 1. The minimum atomic E-state index is -0.414. The van der Waals surface area contributed by atoms with Gasteiger partial charge in [0.2, 0.25) is 0 Å².